The number of nitrogens with one attached hydrogen (secondary N) is 1. The van der Waals surface area contributed by atoms with Crippen molar-refractivity contribution in [3.63, 3.8) is 0 Å². The zero-order valence-electron chi connectivity index (χ0n) is 10.6. The Morgan fingerprint density at radius 1 is 1.55 bits per heavy atom. The van der Waals surface area contributed by atoms with Gasteiger partial charge in [0, 0.05) is 17.4 Å². The van der Waals surface area contributed by atoms with Crippen molar-refractivity contribution in [2.45, 2.75) is 12.5 Å². The lowest BCUT2D eigenvalue weighted by Crippen LogP contribution is -2.37. The SMILES string of the molecule is COc1ccc(C(=O)N[C@@H]2CCSC2=O)cc1[N+](=O)[O-]. The first-order valence-electron chi connectivity index (χ1n) is 5.83. The number of carbonyl (C=O) groups excluding carboxylic acids is 2. The van der Waals surface area contributed by atoms with E-state index in [4.69, 9.17) is 4.74 Å². The molecule has 0 bridgehead atoms. The average Bonchev–Trinajstić information content (AvgIpc) is 2.83. The summed E-state index contributed by atoms with van der Waals surface area (Å²) in [4.78, 5) is 33.7. The molecule has 0 radical (unpaired) electrons. The standard InChI is InChI=1S/C12H12N2O5S/c1-19-10-3-2-7(6-9(10)14(17)18)11(15)13-8-4-5-20-12(8)16/h2-3,6,8H,4-5H2,1H3,(H,13,15)/t8-/m1/s1. The van der Waals surface area contributed by atoms with Crippen molar-refractivity contribution in [1.82, 2.24) is 5.32 Å². The van der Waals surface area contributed by atoms with E-state index in [0.717, 1.165) is 6.07 Å². The molecule has 106 valence electrons. The molecule has 1 aromatic carbocycles. The topological polar surface area (TPSA) is 98.5 Å². The Kier molecular flexibility index (Phi) is 4.23. The van der Waals surface area contributed by atoms with Crippen LogP contribution < -0.4 is 10.1 Å². The number of ether oxygens (including phenoxy) is 1. The quantitative estimate of drug-likeness (QED) is 0.665. The fraction of sp³-hybridized carbons (Fsp3) is 0.333. The summed E-state index contributed by atoms with van der Waals surface area (Å²) < 4.78 is 4.86. The van der Waals surface area contributed by atoms with E-state index in [2.05, 4.69) is 5.32 Å². The number of nitrogens with zero attached hydrogens (tertiary/aromatic N) is 1. The average molecular weight is 296 g/mol. The third-order valence-corrected chi connectivity index (χ3v) is 3.89. The van der Waals surface area contributed by atoms with Gasteiger partial charge in [-0.25, -0.2) is 0 Å². The van der Waals surface area contributed by atoms with Crippen LogP contribution in [0.3, 0.4) is 0 Å². The van der Waals surface area contributed by atoms with Crippen LogP contribution in [0.1, 0.15) is 16.8 Å². The van der Waals surface area contributed by atoms with Crippen LogP contribution >= 0.6 is 11.8 Å². The van der Waals surface area contributed by atoms with E-state index in [1.165, 1.54) is 31.0 Å². The normalized spacial score (nSPS) is 17.9. The van der Waals surface area contributed by atoms with Crippen LogP contribution in [0, 0.1) is 10.1 Å². The first-order chi connectivity index (χ1) is 9.52. The second-order valence-corrected chi connectivity index (χ2v) is 5.23. The summed E-state index contributed by atoms with van der Waals surface area (Å²) in [5.74, 6) is 0.252. The highest BCUT2D eigenvalue weighted by molar-refractivity contribution is 8.14. The molecule has 1 heterocycles. The molecule has 0 unspecified atom stereocenters. The molecule has 1 saturated heterocycles. The maximum absolute atomic E-state index is 12.0. The molecule has 7 nitrogen and oxygen atoms in total. The van der Waals surface area contributed by atoms with Crippen molar-refractivity contribution >= 4 is 28.5 Å². The number of thioether (sulfide) groups is 1. The largest absolute Gasteiger partial charge is 0.490 e. The molecule has 1 amide bonds. The summed E-state index contributed by atoms with van der Waals surface area (Å²) in [5.41, 5.74) is -0.158. The van der Waals surface area contributed by atoms with E-state index >= 15 is 0 Å². The number of rotatable bonds is 4. The maximum atomic E-state index is 12.0. The van der Waals surface area contributed by atoms with E-state index in [9.17, 15) is 19.7 Å². The van der Waals surface area contributed by atoms with E-state index in [1.54, 1.807) is 0 Å². The van der Waals surface area contributed by atoms with Gasteiger partial charge >= 0.3 is 5.69 Å². The van der Waals surface area contributed by atoms with Gasteiger partial charge in [-0.2, -0.15) is 0 Å². The summed E-state index contributed by atoms with van der Waals surface area (Å²) in [7, 11) is 1.32. The highest BCUT2D eigenvalue weighted by Crippen LogP contribution is 2.27. The van der Waals surface area contributed by atoms with Crippen LogP contribution in [-0.4, -0.2) is 34.9 Å². The van der Waals surface area contributed by atoms with Gasteiger partial charge in [0.25, 0.3) is 5.91 Å². The Morgan fingerprint density at radius 2 is 2.30 bits per heavy atom. The number of methoxy groups -OCH3 is 1. The fourth-order valence-electron chi connectivity index (χ4n) is 1.84. The van der Waals surface area contributed by atoms with Gasteiger partial charge in [-0.05, 0) is 18.6 Å². The molecule has 20 heavy (non-hydrogen) atoms. The lowest BCUT2D eigenvalue weighted by molar-refractivity contribution is -0.385. The molecule has 0 saturated carbocycles. The van der Waals surface area contributed by atoms with Gasteiger partial charge in [0.05, 0.1) is 18.1 Å². The second kappa shape index (κ2) is 5.91. The van der Waals surface area contributed by atoms with E-state index < -0.39 is 16.9 Å². The lowest BCUT2D eigenvalue weighted by atomic mass is 10.1. The lowest BCUT2D eigenvalue weighted by Gasteiger charge is -2.10. The Labute approximate surface area is 118 Å². The molecule has 8 heteroatoms. The number of nitro benzene ring substituents is 1. The molecule has 0 aromatic heterocycles. The third kappa shape index (κ3) is 2.90. The van der Waals surface area contributed by atoms with Gasteiger partial charge in [0.15, 0.2) is 5.75 Å². The van der Waals surface area contributed by atoms with Gasteiger partial charge in [-0.15, -0.1) is 0 Å². The molecule has 1 aliphatic heterocycles. The van der Waals surface area contributed by atoms with E-state index in [0.29, 0.717) is 12.2 Å². The van der Waals surface area contributed by atoms with E-state index in [1.807, 2.05) is 0 Å². The molecule has 2 rings (SSSR count). The predicted octanol–water partition coefficient (Wildman–Crippen LogP) is 1.37. The number of hydrogen-bond acceptors (Lipinski definition) is 6. The number of hydrogen-bond donors (Lipinski definition) is 1. The molecule has 0 spiro atoms. The Morgan fingerprint density at radius 3 is 2.85 bits per heavy atom. The first kappa shape index (κ1) is 14.3. The van der Waals surface area contributed by atoms with Gasteiger partial charge in [0.2, 0.25) is 5.12 Å². The van der Waals surface area contributed by atoms with Gasteiger partial charge in [-0.3, -0.25) is 19.7 Å². The maximum Gasteiger partial charge on any atom is 0.311 e. The molecule has 1 atom stereocenters. The summed E-state index contributed by atoms with van der Waals surface area (Å²) in [6.07, 6.45) is 0.577. The highest BCUT2D eigenvalue weighted by atomic mass is 32.2. The van der Waals surface area contributed by atoms with Crippen LogP contribution in [0.4, 0.5) is 5.69 Å². The minimum Gasteiger partial charge on any atom is -0.490 e. The smallest absolute Gasteiger partial charge is 0.311 e. The summed E-state index contributed by atoms with van der Waals surface area (Å²) >= 11 is 1.17. The van der Waals surface area contributed by atoms with Crippen LogP contribution in [0.15, 0.2) is 18.2 Å². The number of nitro groups is 1. The first-order valence-corrected chi connectivity index (χ1v) is 6.81. The second-order valence-electron chi connectivity index (χ2n) is 4.13. The van der Waals surface area contributed by atoms with Crippen molar-refractivity contribution in [1.29, 1.82) is 0 Å². The van der Waals surface area contributed by atoms with E-state index in [-0.39, 0.29) is 22.1 Å². The predicted molar refractivity (Wildman–Crippen MR) is 73.0 cm³/mol. The molecule has 1 fully saturated rings. The van der Waals surface area contributed by atoms with Gasteiger partial charge < -0.3 is 10.1 Å². The van der Waals surface area contributed by atoms with Crippen LogP contribution in [-0.2, 0) is 4.79 Å². The zero-order chi connectivity index (χ0) is 14.7. The number of carbonyl (C=O) groups is 2. The minimum absolute atomic E-state index is 0.0821. The Bertz CT molecular complexity index is 575. The van der Waals surface area contributed by atoms with Crippen molar-refractivity contribution in [3.8, 4) is 5.75 Å². The molecular weight excluding hydrogens is 284 g/mol. The van der Waals surface area contributed by atoms with Crippen molar-refractivity contribution in [2.75, 3.05) is 12.9 Å². The summed E-state index contributed by atoms with van der Waals surface area (Å²) in [5, 5.41) is 13.4. The van der Waals surface area contributed by atoms with Crippen molar-refractivity contribution < 1.29 is 19.2 Å². The molecule has 1 aliphatic rings. The number of benzene rings is 1. The summed E-state index contributed by atoms with van der Waals surface area (Å²) in [6, 6.07) is 3.40. The summed E-state index contributed by atoms with van der Waals surface area (Å²) in [6.45, 7) is 0. The van der Waals surface area contributed by atoms with Gasteiger partial charge in [0.1, 0.15) is 0 Å². The fourth-order valence-corrected chi connectivity index (χ4v) is 2.78. The van der Waals surface area contributed by atoms with Crippen LogP contribution in [0.5, 0.6) is 5.75 Å². The third-order valence-electron chi connectivity index (χ3n) is 2.88. The van der Waals surface area contributed by atoms with Crippen LogP contribution in [0.2, 0.25) is 0 Å². The highest BCUT2D eigenvalue weighted by Gasteiger charge is 2.27. The minimum atomic E-state index is -0.619. The molecular formula is C12H12N2O5S. The zero-order valence-corrected chi connectivity index (χ0v) is 11.4. The van der Waals surface area contributed by atoms with Crippen LogP contribution in [0.25, 0.3) is 0 Å². The Balaban J connectivity index is 2.19. The Hall–Kier alpha value is -2.09. The van der Waals surface area contributed by atoms with Crippen molar-refractivity contribution in [3.05, 3.63) is 33.9 Å². The van der Waals surface area contributed by atoms with Crippen molar-refractivity contribution in [2.24, 2.45) is 0 Å². The number of amides is 1. The monoisotopic (exact) mass is 296 g/mol. The molecule has 0 aliphatic carbocycles. The molecule has 1 N–H and O–H groups in total. The molecule has 1 aromatic rings. The van der Waals surface area contributed by atoms with Gasteiger partial charge in [-0.1, -0.05) is 11.8 Å².